The van der Waals surface area contributed by atoms with Crippen LogP contribution < -0.4 is 9.47 Å². The lowest BCUT2D eigenvalue weighted by molar-refractivity contribution is -0.139. The van der Waals surface area contributed by atoms with E-state index in [2.05, 4.69) is 4.98 Å². The molecule has 194 valence electrons. The summed E-state index contributed by atoms with van der Waals surface area (Å²) in [5, 5.41) is 21.8. The summed E-state index contributed by atoms with van der Waals surface area (Å²) in [6, 6.07) is 8.41. The maximum absolute atomic E-state index is 13.3. The Morgan fingerprint density at radius 1 is 1.05 bits per heavy atom. The van der Waals surface area contributed by atoms with Gasteiger partial charge in [0, 0.05) is 31.0 Å². The first-order valence-electron chi connectivity index (χ1n) is 12.0. The fraction of sp³-hybridized carbons (Fsp3) is 0.296. The quantitative estimate of drug-likeness (QED) is 0.227. The van der Waals surface area contributed by atoms with Crippen LogP contribution in [0.1, 0.15) is 37.4 Å². The van der Waals surface area contributed by atoms with Crippen LogP contribution in [0.2, 0.25) is 5.02 Å². The molecule has 10 heteroatoms. The molecule has 0 aliphatic carbocycles. The van der Waals surface area contributed by atoms with Crippen molar-refractivity contribution in [2.75, 3.05) is 19.8 Å². The van der Waals surface area contributed by atoms with E-state index in [4.69, 9.17) is 21.1 Å². The Labute approximate surface area is 219 Å². The number of carbonyl (C=O) groups is 2. The van der Waals surface area contributed by atoms with Gasteiger partial charge in [0.05, 0.1) is 36.2 Å². The summed E-state index contributed by atoms with van der Waals surface area (Å²) in [6.45, 7) is 5.17. The molecule has 2 heterocycles. The van der Waals surface area contributed by atoms with Crippen LogP contribution >= 0.6 is 11.6 Å². The zero-order chi connectivity index (χ0) is 26.5. The van der Waals surface area contributed by atoms with E-state index in [0.717, 1.165) is 0 Å². The molecule has 9 nitrogen and oxygen atoms in total. The lowest BCUT2D eigenvalue weighted by atomic mass is 9.95. The minimum Gasteiger partial charge on any atom is -0.507 e. The number of halogens is 1. The van der Waals surface area contributed by atoms with E-state index in [1.165, 1.54) is 17.0 Å². The van der Waals surface area contributed by atoms with Crippen LogP contribution in [0.3, 0.4) is 0 Å². The van der Waals surface area contributed by atoms with E-state index < -0.39 is 17.7 Å². The minimum absolute atomic E-state index is 0.0685. The van der Waals surface area contributed by atoms with Crippen molar-refractivity contribution in [3.8, 4) is 17.2 Å². The molecule has 1 amide bonds. The first-order valence-corrected chi connectivity index (χ1v) is 12.4. The number of imidazole rings is 1. The molecule has 1 aliphatic heterocycles. The fourth-order valence-electron chi connectivity index (χ4n) is 4.35. The number of amides is 1. The van der Waals surface area contributed by atoms with Crippen LogP contribution in [-0.2, 0) is 16.1 Å². The molecule has 1 fully saturated rings. The van der Waals surface area contributed by atoms with Gasteiger partial charge in [0.2, 0.25) is 0 Å². The predicted octanol–water partition coefficient (Wildman–Crippen LogP) is 4.55. The molecular formula is C27H28ClN3O6. The Hall–Kier alpha value is -3.98. The third kappa shape index (κ3) is 5.41. The first kappa shape index (κ1) is 26.1. The summed E-state index contributed by atoms with van der Waals surface area (Å²) in [7, 11) is 0. The molecule has 37 heavy (non-hydrogen) atoms. The highest BCUT2D eigenvalue weighted by atomic mass is 35.5. The predicted molar refractivity (Wildman–Crippen MR) is 138 cm³/mol. The van der Waals surface area contributed by atoms with Crippen LogP contribution in [0.25, 0.3) is 5.76 Å². The van der Waals surface area contributed by atoms with E-state index in [0.29, 0.717) is 37.5 Å². The molecule has 1 saturated heterocycles. The van der Waals surface area contributed by atoms with Crippen LogP contribution in [0.4, 0.5) is 0 Å². The highest BCUT2D eigenvalue weighted by Crippen LogP contribution is 2.42. The molecule has 1 unspecified atom stereocenters. The molecule has 0 saturated carbocycles. The number of ether oxygens (including phenoxy) is 2. The number of ketones is 1. The summed E-state index contributed by atoms with van der Waals surface area (Å²) in [4.78, 5) is 31.9. The fourth-order valence-corrected chi connectivity index (χ4v) is 4.58. The van der Waals surface area contributed by atoms with Gasteiger partial charge in [0.25, 0.3) is 11.7 Å². The molecule has 0 spiro atoms. The lowest BCUT2D eigenvalue weighted by Crippen LogP contribution is -2.31. The highest BCUT2D eigenvalue weighted by molar-refractivity contribution is 6.46. The Bertz CT molecular complexity index is 1320. The largest absolute Gasteiger partial charge is 0.507 e. The van der Waals surface area contributed by atoms with Gasteiger partial charge in [-0.25, -0.2) is 4.98 Å². The molecule has 0 bridgehead atoms. The van der Waals surface area contributed by atoms with Gasteiger partial charge in [-0.2, -0.15) is 0 Å². The third-order valence-electron chi connectivity index (χ3n) is 6.02. The molecule has 1 atom stereocenters. The van der Waals surface area contributed by atoms with E-state index in [9.17, 15) is 19.8 Å². The highest BCUT2D eigenvalue weighted by Gasteiger charge is 2.46. The van der Waals surface area contributed by atoms with Gasteiger partial charge in [0.15, 0.2) is 11.5 Å². The number of benzene rings is 2. The van der Waals surface area contributed by atoms with Crippen LogP contribution in [0.15, 0.2) is 60.7 Å². The topological polar surface area (TPSA) is 114 Å². The Balaban J connectivity index is 1.77. The monoisotopic (exact) mass is 525 g/mol. The molecule has 4 rings (SSSR count). The van der Waals surface area contributed by atoms with Crippen LogP contribution in [0, 0.1) is 0 Å². The number of aliphatic hydroxyl groups is 1. The van der Waals surface area contributed by atoms with Gasteiger partial charge in [-0.1, -0.05) is 17.7 Å². The smallest absolute Gasteiger partial charge is 0.295 e. The summed E-state index contributed by atoms with van der Waals surface area (Å²) in [5.74, 6) is -1.29. The summed E-state index contributed by atoms with van der Waals surface area (Å²) in [5.41, 5.74) is 0.723. The number of carbonyl (C=O) groups excluding carboxylic acids is 2. The number of likely N-dealkylation sites (tertiary alicyclic amines) is 1. The number of Topliss-reactive ketones (excluding diaryl/α,β-unsaturated/α-hetero) is 1. The maximum atomic E-state index is 13.3. The van der Waals surface area contributed by atoms with E-state index in [1.807, 2.05) is 17.7 Å². The van der Waals surface area contributed by atoms with E-state index >= 15 is 0 Å². The molecule has 2 N–H and O–H groups in total. The Morgan fingerprint density at radius 3 is 2.49 bits per heavy atom. The minimum atomic E-state index is -0.895. The summed E-state index contributed by atoms with van der Waals surface area (Å²) < 4.78 is 12.9. The van der Waals surface area contributed by atoms with Crippen molar-refractivity contribution in [2.45, 2.75) is 32.9 Å². The number of phenols is 1. The third-order valence-corrected chi connectivity index (χ3v) is 6.31. The number of aliphatic hydroxyl groups excluding tert-OH is 1. The normalized spacial score (nSPS) is 16.8. The van der Waals surface area contributed by atoms with Gasteiger partial charge in [-0.15, -0.1) is 0 Å². The second-order valence-electron chi connectivity index (χ2n) is 8.38. The zero-order valence-corrected chi connectivity index (χ0v) is 21.3. The van der Waals surface area contributed by atoms with Gasteiger partial charge in [-0.05, 0) is 56.2 Å². The maximum Gasteiger partial charge on any atom is 0.295 e. The second kappa shape index (κ2) is 11.4. The summed E-state index contributed by atoms with van der Waals surface area (Å²) in [6.07, 6.45) is 5.70. The zero-order valence-electron chi connectivity index (χ0n) is 20.6. The molecule has 1 aromatic heterocycles. The second-order valence-corrected chi connectivity index (χ2v) is 8.79. The summed E-state index contributed by atoms with van der Waals surface area (Å²) >= 11 is 6.32. The van der Waals surface area contributed by atoms with E-state index in [1.54, 1.807) is 43.7 Å². The number of rotatable bonds is 10. The number of hydrogen-bond donors (Lipinski definition) is 2. The number of hydrogen-bond acceptors (Lipinski definition) is 7. The van der Waals surface area contributed by atoms with Crippen molar-refractivity contribution in [3.05, 3.63) is 76.8 Å². The number of aryl methyl sites for hydroxylation is 1. The number of phenolic OH excluding ortho intramolecular Hbond substituents is 1. The SMILES string of the molecule is CCOc1cc(C2C(=C(O)c3ccc(OCC)c(Cl)c3)C(=O)C(=O)N2CCCn2ccnc2)ccc1O. The molecule has 3 aromatic rings. The Kier molecular flexibility index (Phi) is 8.03. The van der Waals surface area contributed by atoms with Crippen molar-refractivity contribution >= 4 is 29.1 Å². The molecule has 1 aliphatic rings. The lowest BCUT2D eigenvalue weighted by Gasteiger charge is -2.26. The van der Waals surface area contributed by atoms with Gasteiger partial charge in [-0.3, -0.25) is 9.59 Å². The number of aromatic nitrogens is 2. The van der Waals surface area contributed by atoms with Crippen molar-refractivity contribution in [1.29, 1.82) is 0 Å². The van der Waals surface area contributed by atoms with Crippen molar-refractivity contribution in [2.24, 2.45) is 0 Å². The Morgan fingerprint density at radius 2 is 1.81 bits per heavy atom. The molecule has 0 radical (unpaired) electrons. The number of nitrogens with zero attached hydrogens (tertiary/aromatic N) is 3. The standard InChI is InChI=1S/C27H28ClN3O6/c1-3-36-21-9-7-18(14-19(21)28)25(33)23-24(17-6-8-20(32)22(15-17)37-4-2)31(27(35)26(23)34)12-5-11-30-13-10-29-16-30/h6-10,13-16,24,32-33H,3-5,11-12H2,1-2H3. The van der Waals surface area contributed by atoms with Crippen molar-refractivity contribution in [3.63, 3.8) is 0 Å². The average Bonchev–Trinajstić information content (AvgIpc) is 3.49. The first-order chi connectivity index (χ1) is 17.8. The van der Waals surface area contributed by atoms with Crippen LogP contribution in [-0.4, -0.2) is 56.1 Å². The molecular weight excluding hydrogens is 498 g/mol. The van der Waals surface area contributed by atoms with E-state index in [-0.39, 0.29) is 40.0 Å². The van der Waals surface area contributed by atoms with Gasteiger partial charge in [0.1, 0.15) is 11.5 Å². The van der Waals surface area contributed by atoms with Crippen molar-refractivity contribution in [1.82, 2.24) is 14.5 Å². The van der Waals surface area contributed by atoms with Crippen molar-refractivity contribution < 1.29 is 29.3 Å². The molecule has 2 aromatic carbocycles. The van der Waals surface area contributed by atoms with Gasteiger partial charge < -0.3 is 29.2 Å². The average molecular weight is 526 g/mol. The van der Waals surface area contributed by atoms with Crippen LogP contribution in [0.5, 0.6) is 17.2 Å². The number of aromatic hydroxyl groups is 1. The van der Waals surface area contributed by atoms with Gasteiger partial charge >= 0.3 is 0 Å².